The van der Waals surface area contributed by atoms with Crippen LogP contribution in [0.25, 0.3) is 0 Å². The van der Waals surface area contributed by atoms with Gasteiger partial charge in [-0.2, -0.15) is 0 Å². The van der Waals surface area contributed by atoms with Crippen LogP contribution < -0.4 is 10.2 Å². The first kappa shape index (κ1) is 24.2. The lowest BCUT2D eigenvalue weighted by molar-refractivity contribution is 0.0735. The Bertz CT molecular complexity index is 1310. The standard InChI is InChI=1S/C28H26FN3O2S/c1-31(2)25-14-13-24(30-27(33)21-10-6-11-23(29)16-21)17-22(25)19-32(18-20-8-4-3-5-9-20)28(34)26-12-7-15-35-26/h3-17H,18-19H2,1-2H3,(H,30,33). The maximum absolute atomic E-state index is 13.6. The monoisotopic (exact) mass is 487 g/mol. The molecule has 0 aliphatic rings. The molecular weight excluding hydrogens is 461 g/mol. The zero-order chi connectivity index (χ0) is 24.8. The van der Waals surface area contributed by atoms with E-state index >= 15 is 0 Å². The third kappa shape index (κ3) is 6.13. The average molecular weight is 488 g/mol. The minimum absolute atomic E-state index is 0.0530. The Kier molecular flexibility index (Phi) is 7.57. The molecule has 4 aromatic rings. The predicted octanol–water partition coefficient (Wildman–Crippen LogP) is 6.05. The van der Waals surface area contributed by atoms with E-state index in [1.54, 1.807) is 12.1 Å². The fourth-order valence-electron chi connectivity index (χ4n) is 3.82. The van der Waals surface area contributed by atoms with Gasteiger partial charge in [0.1, 0.15) is 5.82 Å². The maximum Gasteiger partial charge on any atom is 0.264 e. The number of amides is 2. The SMILES string of the molecule is CN(C)c1ccc(NC(=O)c2cccc(F)c2)cc1CN(Cc1ccccc1)C(=O)c1cccs1. The van der Waals surface area contributed by atoms with Crippen molar-refractivity contribution in [3.63, 3.8) is 0 Å². The minimum Gasteiger partial charge on any atom is -0.377 e. The molecule has 0 saturated carbocycles. The van der Waals surface area contributed by atoms with Crippen molar-refractivity contribution >= 4 is 34.5 Å². The van der Waals surface area contributed by atoms with Crippen LogP contribution in [0.1, 0.15) is 31.2 Å². The van der Waals surface area contributed by atoms with Crippen LogP contribution in [0, 0.1) is 5.82 Å². The number of hydrogen-bond donors (Lipinski definition) is 1. The van der Waals surface area contributed by atoms with Crippen LogP contribution in [-0.2, 0) is 13.1 Å². The molecular formula is C28H26FN3O2S. The van der Waals surface area contributed by atoms with Crippen molar-refractivity contribution in [1.82, 2.24) is 4.90 Å². The van der Waals surface area contributed by atoms with Crippen molar-refractivity contribution in [1.29, 1.82) is 0 Å². The van der Waals surface area contributed by atoms with E-state index in [2.05, 4.69) is 5.32 Å². The van der Waals surface area contributed by atoms with Crippen LogP contribution in [0.2, 0.25) is 0 Å². The van der Waals surface area contributed by atoms with Crippen molar-refractivity contribution in [3.8, 4) is 0 Å². The highest BCUT2D eigenvalue weighted by Crippen LogP contribution is 2.27. The molecule has 5 nitrogen and oxygen atoms in total. The number of benzene rings is 3. The fraction of sp³-hybridized carbons (Fsp3) is 0.143. The van der Waals surface area contributed by atoms with Gasteiger partial charge in [0.2, 0.25) is 0 Å². The van der Waals surface area contributed by atoms with E-state index in [1.807, 2.05) is 83.9 Å². The van der Waals surface area contributed by atoms with Gasteiger partial charge in [0, 0.05) is 44.1 Å². The number of nitrogens with one attached hydrogen (secondary N) is 1. The first-order valence-corrected chi connectivity index (χ1v) is 12.0. The molecule has 0 aliphatic carbocycles. The summed E-state index contributed by atoms with van der Waals surface area (Å²) in [6, 6.07) is 24.7. The van der Waals surface area contributed by atoms with Gasteiger partial charge in [0.25, 0.3) is 11.8 Å². The van der Waals surface area contributed by atoms with E-state index in [-0.39, 0.29) is 11.5 Å². The topological polar surface area (TPSA) is 52.7 Å². The molecule has 0 aliphatic heterocycles. The number of anilines is 2. The van der Waals surface area contributed by atoms with E-state index in [4.69, 9.17) is 0 Å². The van der Waals surface area contributed by atoms with Gasteiger partial charge in [0.05, 0.1) is 4.88 Å². The largest absolute Gasteiger partial charge is 0.377 e. The number of carbonyl (C=O) groups excluding carboxylic acids is 2. The Morgan fingerprint density at radius 3 is 2.37 bits per heavy atom. The summed E-state index contributed by atoms with van der Waals surface area (Å²) < 4.78 is 13.6. The molecule has 35 heavy (non-hydrogen) atoms. The maximum atomic E-state index is 13.6. The van der Waals surface area contributed by atoms with Gasteiger partial charge >= 0.3 is 0 Å². The van der Waals surface area contributed by atoms with Crippen LogP contribution in [0.3, 0.4) is 0 Å². The molecule has 1 heterocycles. The summed E-state index contributed by atoms with van der Waals surface area (Å²) in [5.74, 6) is -0.920. The Morgan fingerprint density at radius 2 is 1.69 bits per heavy atom. The van der Waals surface area contributed by atoms with Crippen LogP contribution in [0.15, 0.2) is 90.3 Å². The first-order valence-electron chi connectivity index (χ1n) is 11.1. The van der Waals surface area contributed by atoms with Gasteiger partial charge in [-0.15, -0.1) is 11.3 Å². The molecule has 0 spiro atoms. The number of halogens is 1. The number of hydrogen-bond acceptors (Lipinski definition) is 4. The summed E-state index contributed by atoms with van der Waals surface area (Å²) in [6.45, 7) is 0.799. The second-order valence-corrected chi connectivity index (χ2v) is 9.27. The zero-order valence-electron chi connectivity index (χ0n) is 19.6. The van der Waals surface area contributed by atoms with Crippen LogP contribution in [0.4, 0.5) is 15.8 Å². The molecule has 1 aromatic heterocycles. The molecule has 2 amide bonds. The number of rotatable bonds is 8. The Labute approximate surface area is 208 Å². The molecule has 0 atom stereocenters. The van der Waals surface area contributed by atoms with Gasteiger partial charge < -0.3 is 15.1 Å². The summed E-state index contributed by atoms with van der Waals surface area (Å²) >= 11 is 1.41. The lowest BCUT2D eigenvalue weighted by Crippen LogP contribution is -2.30. The second-order valence-electron chi connectivity index (χ2n) is 8.33. The van der Waals surface area contributed by atoms with E-state index in [9.17, 15) is 14.0 Å². The summed E-state index contributed by atoms with van der Waals surface area (Å²) in [7, 11) is 3.87. The molecule has 3 aromatic carbocycles. The van der Waals surface area contributed by atoms with Gasteiger partial charge in [0.15, 0.2) is 0 Å². The van der Waals surface area contributed by atoms with E-state index in [1.165, 1.54) is 29.5 Å². The van der Waals surface area contributed by atoms with Crippen molar-refractivity contribution in [2.75, 3.05) is 24.3 Å². The summed E-state index contributed by atoms with van der Waals surface area (Å²) in [5, 5.41) is 4.74. The van der Waals surface area contributed by atoms with E-state index in [0.717, 1.165) is 16.8 Å². The summed E-state index contributed by atoms with van der Waals surface area (Å²) in [5.41, 5.74) is 3.66. The van der Waals surface area contributed by atoms with Crippen LogP contribution in [0.5, 0.6) is 0 Å². The third-order valence-electron chi connectivity index (χ3n) is 5.50. The molecule has 0 saturated heterocycles. The van der Waals surface area contributed by atoms with Crippen molar-refractivity contribution in [2.45, 2.75) is 13.1 Å². The minimum atomic E-state index is -0.468. The van der Waals surface area contributed by atoms with Gasteiger partial charge in [-0.3, -0.25) is 9.59 Å². The quantitative estimate of drug-likeness (QED) is 0.329. The zero-order valence-corrected chi connectivity index (χ0v) is 20.4. The van der Waals surface area contributed by atoms with Crippen LogP contribution >= 0.6 is 11.3 Å². The van der Waals surface area contributed by atoms with Crippen molar-refractivity contribution < 1.29 is 14.0 Å². The Morgan fingerprint density at radius 1 is 0.886 bits per heavy atom. The lowest BCUT2D eigenvalue weighted by atomic mass is 10.1. The smallest absolute Gasteiger partial charge is 0.264 e. The Hall–Kier alpha value is -3.97. The molecule has 0 fully saturated rings. The van der Waals surface area contributed by atoms with Crippen molar-refractivity contribution in [2.24, 2.45) is 0 Å². The van der Waals surface area contributed by atoms with Crippen LogP contribution in [-0.4, -0.2) is 30.8 Å². The first-order chi connectivity index (χ1) is 16.9. The third-order valence-corrected chi connectivity index (χ3v) is 6.36. The van der Waals surface area contributed by atoms with Gasteiger partial charge in [-0.05, 0) is 59.0 Å². The van der Waals surface area contributed by atoms with Gasteiger partial charge in [-0.1, -0.05) is 42.5 Å². The molecule has 0 bridgehead atoms. The number of thiophene rings is 1. The highest BCUT2D eigenvalue weighted by Gasteiger charge is 2.20. The van der Waals surface area contributed by atoms with Crippen molar-refractivity contribution in [3.05, 3.63) is 118 Å². The molecule has 7 heteroatoms. The molecule has 4 rings (SSSR count). The Balaban J connectivity index is 1.64. The van der Waals surface area contributed by atoms with E-state index in [0.29, 0.717) is 23.7 Å². The number of carbonyl (C=O) groups is 2. The highest BCUT2D eigenvalue weighted by molar-refractivity contribution is 7.12. The second kappa shape index (κ2) is 11.0. The average Bonchev–Trinajstić information content (AvgIpc) is 3.39. The number of nitrogens with zero attached hydrogens (tertiary/aromatic N) is 2. The van der Waals surface area contributed by atoms with Gasteiger partial charge in [-0.25, -0.2) is 4.39 Å². The molecule has 0 radical (unpaired) electrons. The lowest BCUT2D eigenvalue weighted by Gasteiger charge is -2.26. The molecule has 0 unspecified atom stereocenters. The molecule has 178 valence electrons. The fourth-order valence-corrected chi connectivity index (χ4v) is 4.51. The predicted molar refractivity (Wildman–Crippen MR) is 139 cm³/mol. The molecule has 1 N–H and O–H groups in total. The summed E-state index contributed by atoms with van der Waals surface area (Å²) in [4.78, 5) is 30.5. The van der Waals surface area contributed by atoms with E-state index < -0.39 is 11.7 Å². The highest BCUT2D eigenvalue weighted by atomic mass is 32.1. The normalized spacial score (nSPS) is 10.6. The summed E-state index contributed by atoms with van der Waals surface area (Å²) in [6.07, 6.45) is 0.